The third-order valence-corrected chi connectivity index (χ3v) is 3.02. The Labute approximate surface area is 198 Å². The number of anilines is 1. The number of rotatable bonds is 0. The molecule has 0 unspecified atom stereocenters. The second-order valence-electron chi connectivity index (χ2n) is 6.35. The van der Waals surface area contributed by atoms with Gasteiger partial charge >= 0.3 is 0 Å². The second kappa shape index (κ2) is 18.5. The number of nitrogens with one attached hydrogen (secondary N) is 1. The van der Waals surface area contributed by atoms with E-state index in [1.54, 1.807) is 18.8 Å². The highest BCUT2D eigenvalue weighted by atomic mass is 15.0. The zero-order valence-electron chi connectivity index (χ0n) is 17.7. The van der Waals surface area contributed by atoms with Gasteiger partial charge < -0.3 is 5.73 Å². The molecule has 0 aliphatic rings. The number of fused-ring (bicyclic) bond motifs is 1. The van der Waals surface area contributed by atoms with Crippen molar-refractivity contribution in [1.29, 1.82) is 5.53 Å². The number of nitrogen functional groups attached to an aromatic ring is 1. The zero-order valence-corrected chi connectivity index (χ0v) is 17.7. The third-order valence-electron chi connectivity index (χ3n) is 3.02. The van der Waals surface area contributed by atoms with E-state index in [0.29, 0.717) is 0 Å². The molecule has 172 valence electrons. The van der Waals surface area contributed by atoms with E-state index in [0.717, 1.165) is 22.4 Å². The summed E-state index contributed by atoms with van der Waals surface area (Å²) >= 11 is 0. The monoisotopic (exact) mass is 434 g/mol. The Morgan fingerprint density at radius 1 is 0.906 bits per heavy atom. The average Bonchev–Trinajstić information content (AvgIpc) is 2.70. The average molecular weight is 435 g/mol. The van der Waals surface area contributed by atoms with E-state index >= 15 is 0 Å². The van der Waals surface area contributed by atoms with E-state index in [4.69, 9.17) is 16.8 Å². The molecule has 0 radical (unpaired) electrons. The van der Waals surface area contributed by atoms with Crippen LogP contribution in [0.1, 0.15) is 60.9 Å². The molecular weight excluding hydrogens is 396 g/mol. The van der Waals surface area contributed by atoms with E-state index < -0.39 is 0 Å². The van der Waals surface area contributed by atoms with Crippen molar-refractivity contribution < 1.29 is 5.71 Å². The van der Waals surface area contributed by atoms with Gasteiger partial charge in [-0.05, 0) is 89.9 Å². The van der Waals surface area contributed by atoms with Gasteiger partial charge in [-0.25, -0.2) is 4.98 Å². The van der Waals surface area contributed by atoms with Crippen molar-refractivity contribution in [3.05, 3.63) is 40.5 Å². The molecule has 2 aromatic rings. The van der Waals surface area contributed by atoms with E-state index in [1.165, 1.54) is 0 Å². The number of nitrogens with zero attached hydrogens (tertiary/aromatic N) is 4. The predicted octanol–water partition coefficient (Wildman–Crippen LogP) is 6.68. The van der Waals surface area contributed by atoms with Crippen LogP contribution >= 0.6 is 0 Å². The van der Waals surface area contributed by atoms with E-state index in [1.807, 2.05) is 24.4 Å². The largest absolute Gasteiger partial charge is 0.399 e. The smallest absolute Gasteiger partial charge is 0.0910 e. The lowest BCUT2D eigenvalue weighted by Crippen LogP contribution is -2.13. The van der Waals surface area contributed by atoms with Crippen LogP contribution in [0.25, 0.3) is 21.5 Å². The fraction of sp³-hybridized carbons (Fsp3) is 0.308. The van der Waals surface area contributed by atoms with Gasteiger partial charge in [0.05, 0.1) is 16.7 Å². The standard InChI is InChI=1S/C12H15N3.C12H6.2CH4.HN3.4H2/c1-12(2,3)11-7-14-9-5-4-8(13)6-10(9)15-11;1-3-5-7-9-11-12-10-8-6-4-2;;;1-3-2;;;;/h4-7H,13H2,1-3H3;1-2H3;2*1H4;1H;4*1H. The Morgan fingerprint density at radius 2 is 1.34 bits per heavy atom. The quantitative estimate of drug-likeness (QED) is 0.158. The van der Waals surface area contributed by atoms with Crippen molar-refractivity contribution in [3.8, 4) is 59.2 Å². The van der Waals surface area contributed by atoms with Crippen molar-refractivity contribution in [1.82, 2.24) is 9.97 Å². The van der Waals surface area contributed by atoms with Crippen molar-refractivity contribution in [2.45, 2.75) is 54.9 Å². The highest BCUT2D eigenvalue weighted by molar-refractivity contribution is 5.77. The minimum atomic E-state index is 0. The van der Waals surface area contributed by atoms with Gasteiger partial charge in [-0.2, -0.15) is 0 Å². The normalized spacial score (nSPS) is 7.28. The van der Waals surface area contributed by atoms with Gasteiger partial charge in [0.1, 0.15) is 0 Å². The molecule has 0 saturated heterocycles. The third kappa shape index (κ3) is 14.5. The number of aromatic nitrogens is 2. The minimum Gasteiger partial charge on any atom is -0.399 e. The Bertz CT molecular complexity index is 1180. The van der Waals surface area contributed by atoms with Crippen LogP contribution in [0.15, 0.2) is 24.4 Å². The first-order chi connectivity index (χ1) is 14.3. The van der Waals surface area contributed by atoms with Crippen molar-refractivity contribution in [2.24, 2.45) is 0 Å². The molecule has 0 atom stereocenters. The number of hydrogen-bond acceptors (Lipinski definition) is 4. The van der Waals surface area contributed by atoms with Gasteiger partial charge in [-0.3, -0.25) is 4.98 Å². The van der Waals surface area contributed by atoms with E-state index in [2.05, 4.69) is 89.9 Å². The maximum Gasteiger partial charge on any atom is 0.0910 e. The molecule has 0 aliphatic heterocycles. The Kier molecular flexibility index (Phi) is 18.6. The number of benzene rings is 1. The van der Waals surface area contributed by atoms with E-state index in [-0.39, 0.29) is 26.0 Å². The molecule has 1 heterocycles. The maximum atomic E-state index is 6.86. The first-order valence-electron chi connectivity index (χ1n) is 8.67. The molecule has 2 rings (SSSR count). The van der Waals surface area contributed by atoms with Crippen molar-refractivity contribution >= 4 is 16.7 Å². The highest BCUT2D eigenvalue weighted by Gasteiger charge is 2.16. The van der Waals surface area contributed by atoms with Crippen LogP contribution < -0.4 is 5.73 Å². The lowest BCUT2D eigenvalue weighted by molar-refractivity contribution is 0.569. The summed E-state index contributed by atoms with van der Waals surface area (Å²) in [5, 5.41) is 0. The van der Waals surface area contributed by atoms with Crippen LogP contribution in [0.3, 0.4) is 0 Å². The summed E-state index contributed by atoms with van der Waals surface area (Å²) in [5.74, 6) is 25.6. The predicted molar refractivity (Wildman–Crippen MR) is 144 cm³/mol. The minimum absolute atomic E-state index is 0. The molecule has 0 fully saturated rings. The van der Waals surface area contributed by atoms with Crippen LogP contribution in [0.5, 0.6) is 0 Å². The van der Waals surface area contributed by atoms with Gasteiger partial charge in [-0.1, -0.05) is 47.5 Å². The van der Waals surface area contributed by atoms with E-state index in [9.17, 15) is 0 Å². The van der Waals surface area contributed by atoms with Crippen LogP contribution in [-0.2, 0) is 5.41 Å². The molecule has 6 nitrogen and oxygen atoms in total. The maximum absolute atomic E-state index is 6.86. The van der Waals surface area contributed by atoms with Gasteiger partial charge in [0, 0.05) is 23.0 Å². The molecule has 0 amide bonds. The number of hydrogen-bond donors (Lipinski definition) is 2. The molecule has 1 aromatic carbocycles. The molecule has 6 heteroatoms. The summed E-state index contributed by atoms with van der Waals surface area (Å²) in [6.07, 6.45) is 1.83. The summed E-state index contributed by atoms with van der Waals surface area (Å²) in [6.45, 7) is 9.80. The summed E-state index contributed by atoms with van der Waals surface area (Å²) in [4.78, 5) is 10.7. The Morgan fingerprint density at radius 3 is 1.75 bits per heavy atom. The molecule has 32 heavy (non-hydrogen) atoms. The van der Waals surface area contributed by atoms with Crippen molar-refractivity contribution in [2.75, 3.05) is 5.73 Å². The molecule has 0 aliphatic carbocycles. The lowest BCUT2D eigenvalue weighted by Gasteiger charge is -2.17. The van der Waals surface area contributed by atoms with Crippen LogP contribution in [-0.4, -0.2) is 9.97 Å². The molecule has 0 spiro atoms. The summed E-state index contributed by atoms with van der Waals surface area (Å²) < 4.78 is 0. The molecule has 3 N–H and O–H groups in total. The Balaban J connectivity index is -0.0000000743. The molecule has 1 aromatic heterocycles. The molecular formula is C26H38N6. The lowest BCUT2D eigenvalue weighted by atomic mass is 9.92. The van der Waals surface area contributed by atoms with Crippen LogP contribution in [0, 0.1) is 64.7 Å². The summed E-state index contributed by atoms with van der Waals surface area (Å²) in [5.41, 5.74) is 21.4. The van der Waals surface area contributed by atoms with Gasteiger partial charge in [-0.15, -0.1) is 5.53 Å². The van der Waals surface area contributed by atoms with Gasteiger partial charge in [0.15, 0.2) is 0 Å². The SMILES string of the molecule is C.C.CC#CC#CC#CC#CC#CC.CC(C)(C)c1cnc2ccc(N)cc2n1.[HH].[HH].[HH].[HH].[N-]=[N+]=N. The fourth-order valence-corrected chi connectivity index (χ4v) is 1.70. The first kappa shape index (κ1) is 32.1. The molecule has 0 saturated carbocycles. The fourth-order valence-electron chi connectivity index (χ4n) is 1.70. The molecule has 0 bridgehead atoms. The van der Waals surface area contributed by atoms with Gasteiger partial charge in [0.25, 0.3) is 0 Å². The van der Waals surface area contributed by atoms with Gasteiger partial charge in [0.2, 0.25) is 0 Å². The second-order valence-corrected chi connectivity index (χ2v) is 6.35. The van der Waals surface area contributed by atoms with Crippen LogP contribution in [0.2, 0.25) is 0 Å². The summed E-state index contributed by atoms with van der Waals surface area (Å²) in [6, 6.07) is 5.59. The number of nitrogens with two attached hydrogens (primary N) is 1. The Hall–Kier alpha value is -4.53. The zero-order chi connectivity index (χ0) is 22.8. The van der Waals surface area contributed by atoms with Crippen LogP contribution in [0.4, 0.5) is 5.69 Å². The van der Waals surface area contributed by atoms with Crippen molar-refractivity contribution in [3.63, 3.8) is 0 Å². The first-order valence-corrected chi connectivity index (χ1v) is 8.67. The summed E-state index contributed by atoms with van der Waals surface area (Å²) in [7, 11) is 0. The topological polar surface area (TPSA) is 112 Å². The highest BCUT2D eigenvalue weighted by Crippen LogP contribution is 2.22.